The molecule has 0 radical (unpaired) electrons. The molecule has 4 heteroatoms. The predicted molar refractivity (Wildman–Crippen MR) is 85.3 cm³/mol. The molecule has 1 heterocycles. The second kappa shape index (κ2) is 6.22. The Morgan fingerprint density at radius 3 is 2.71 bits per heavy atom. The van der Waals surface area contributed by atoms with Crippen LogP contribution in [0.4, 0.5) is 5.69 Å². The van der Waals surface area contributed by atoms with E-state index in [2.05, 4.69) is 18.2 Å². The topological polar surface area (TPSA) is 52.3 Å². The summed E-state index contributed by atoms with van der Waals surface area (Å²) in [6, 6.07) is 15.7. The maximum Gasteiger partial charge on any atom is 0.310 e. The summed E-state index contributed by atoms with van der Waals surface area (Å²) in [5, 5.41) is 0.331. The first-order valence-electron chi connectivity index (χ1n) is 6.95. The second-order valence-electron chi connectivity index (χ2n) is 5.15. The highest BCUT2D eigenvalue weighted by Gasteiger charge is 2.23. The van der Waals surface area contributed by atoms with Gasteiger partial charge in [0.15, 0.2) is 0 Å². The van der Waals surface area contributed by atoms with Gasteiger partial charge in [0.05, 0.1) is 6.42 Å². The van der Waals surface area contributed by atoms with E-state index >= 15 is 0 Å². The molecule has 0 aromatic heterocycles. The number of nitrogens with two attached hydrogens (primary N) is 1. The summed E-state index contributed by atoms with van der Waals surface area (Å²) in [6.45, 7) is 0.465. The summed E-state index contributed by atoms with van der Waals surface area (Å²) < 4.78 is 5.40. The Morgan fingerprint density at radius 2 is 1.95 bits per heavy atom. The lowest BCUT2D eigenvalue weighted by atomic mass is 10.1. The van der Waals surface area contributed by atoms with Crippen LogP contribution in [-0.4, -0.2) is 17.8 Å². The smallest absolute Gasteiger partial charge is 0.310 e. The standard InChI is InChI=1S/C17H17NO2S/c18-14-7-5-12(6-8-14)9-17(19)20-11-15-10-13-3-1-2-4-16(13)21-15/h1-8,15H,9-11,18H2. The highest BCUT2D eigenvalue weighted by Crippen LogP contribution is 2.36. The van der Waals surface area contributed by atoms with E-state index in [1.54, 1.807) is 23.9 Å². The molecular weight excluding hydrogens is 282 g/mol. The van der Waals surface area contributed by atoms with Crippen LogP contribution in [0, 0.1) is 0 Å². The van der Waals surface area contributed by atoms with Gasteiger partial charge >= 0.3 is 5.97 Å². The van der Waals surface area contributed by atoms with Crippen LogP contribution in [0.25, 0.3) is 0 Å². The summed E-state index contributed by atoms with van der Waals surface area (Å²) in [5.74, 6) is -0.184. The van der Waals surface area contributed by atoms with Crippen LogP contribution >= 0.6 is 11.8 Å². The molecule has 2 N–H and O–H groups in total. The van der Waals surface area contributed by atoms with E-state index in [9.17, 15) is 4.79 Å². The van der Waals surface area contributed by atoms with Crippen LogP contribution in [-0.2, 0) is 22.4 Å². The number of esters is 1. The van der Waals surface area contributed by atoms with Gasteiger partial charge in [-0.1, -0.05) is 30.3 Å². The third-order valence-electron chi connectivity index (χ3n) is 3.47. The molecule has 2 aromatic rings. The molecule has 21 heavy (non-hydrogen) atoms. The number of thioether (sulfide) groups is 1. The van der Waals surface area contributed by atoms with Crippen LogP contribution in [0.5, 0.6) is 0 Å². The van der Waals surface area contributed by atoms with Gasteiger partial charge in [-0.3, -0.25) is 4.79 Å². The highest BCUT2D eigenvalue weighted by molar-refractivity contribution is 8.00. The van der Waals surface area contributed by atoms with Crippen molar-refractivity contribution in [2.75, 3.05) is 12.3 Å². The van der Waals surface area contributed by atoms with Crippen molar-refractivity contribution in [2.45, 2.75) is 23.0 Å². The van der Waals surface area contributed by atoms with Gasteiger partial charge in [0.1, 0.15) is 6.61 Å². The van der Waals surface area contributed by atoms with Crippen LogP contribution < -0.4 is 5.73 Å². The molecule has 0 bridgehead atoms. The van der Waals surface area contributed by atoms with Gasteiger partial charge in [-0.15, -0.1) is 11.8 Å². The minimum absolute atomic E-state index is 0.184. The fraction of sp³-hybridized carbons (Fsp3) is 0.235. The molecule has 3 nitrogen and oxygen atoms in total. The normalized spacial score (nSPS) is 16.5. The van der Waals surface area contributed by atoms with Crippen molar-refractivity contribution in [1.29, 1.82) is 0 Å². The first kappa shape index (κ1) is 14.0. The van der Waals surface area contributed by atoms with Gasteiger partial charge in [-0.2, -0.15) is 0 Å². The van der Waals surface area contributed by atoms with Gasteiger partial charge in [-0.05, 0) is 35.7 Å². The summed E-state index contributed by atoms with van der Waals surface area (Å²) in [7, 11) is 0. The average molecular weight is 299 g/mol. The largest absolute Gasteiger partial charge is 0.464 e. The Balaban J connectivity index is 1.48. The fourth-order valence-electron chi connectivity index (χ4n) is 2.39. The van der Waals surface area contributed by atoms with Crippen LogP contribution in [0.2, 0.25) is 0 Å². The highest BCUT2D eigenvalue weighted by atomic mass is 32.2. The van der Waals surface area contributed by atoms with Gasteiger partial charge in [0.25, 0.3) is 0 Å². The minimum atomic E-state index is -0.184. The molecule has 0 amide bonds. The molecular formula is C17H17NO2S. The molecule has 0 saturated carbocycles. The van der Waals surface area contributed by atoms with E-state index in [1.807, 2.05) is 18.2 Å². The lowest BCUT2D eigenvalue weighted by molar-refractivity contribution is -0.142. The quantitative estimate of drug-likeness (QED) is 0.696. The average Bonchev–Trinajstić information content (AvgIpc) is 2.90. The van der Waals surface area contributed by atoms with Gasteiger partial charge < -0.3 is 10.5 Å². The number of hydrogen-bond donors (Lipinski definition) is 1. The van der Waals surface area contributed by atoms with Crippen LogP contribution in [0.1, 0.15) is 11.1 Å². The van der Waals surface area contributed by atoms with Gasteiger partial charge in [-0.25, -0.2) is 0 Å². The van der Waals surface area contributed by atoms with Crippen molar-refractivity contribution in [1.82, 2.24) is 0 Å². The number of hydrogen-bond acceptors (Lipinski definition) is 4. The minimum Gasteiger partial charge on any atom is -0.464 e. The number of carbonyl (C=O) groups excluding carboxylic acids is 1. The lowest BCUT2D eigenvalue weighted by Gasteiger charge is -2.09. The zero-order chi connectivity index (χ0) is 14.7. The zero-order valence-corrected chi connectivity index (χ0v) is 12.4. The van der Waals surface area contributed by atoms with Crippen molar-refractivity contribution in [2.24, 2.45) is 0 Å². The van der Waals surface area contributed by atoms with Crippen LogP contribution in [0.15, 0.2) is 53.4 Å². The zero-order valence-electron chi connectivity index (χ0n) is 11.6. The van der Waals surface area contributed by atoms with E-state index in [1.165, 1.54) is 10.5 Å². The Kier molecular flexibility index (Phi) is 4.15. The monoisotopic (exact) mass is 299 g/mol. The number of benzene rings is 2. The Bertz CT molecular complexity index is 614. The molecule has 1 atom stereocenters. The first-order valence-corrected chi connectivity index (χ1v) is 7.83. The van der Waals surface area contributed by atoms with E-state index in [-0.39, 0.29) is 5.97 Å². The van der Waals surface area contributed by atoms with Crippen molar-refractivity contribution >= 4 is 23.4 Å². The summed E-state index contributed by atoms with van der Waals surface area (Å²) >= 11 is 1.79. The molecule has 0 fully saturated rings. The van der Waals surface area contributed by atoms with Crippen molar-refractivity contribution in [3.8, 4) is 0 Å². The Morgan fingerprint density at radius 1 is 1.19 bits per heavy atom. The lowest BCUT2D eigenvalue weighted by Crippen LogP contribution is -2.17. The van der Waals surface area contributed by atoms with Crippen molar-refractivity contribution in [3.05, 3.63) is 59.7 Å². The van der Waals surface area contributed by atoms with Crippen molar-refractivity contribution in [3.63, 3.8) is 0 Å². The molecule has 0 spiro atoms. The molecule has 108 valence electrons. The molecule has 1 unspecified atom stereocenters. The molecule has 3 rings (SSSR count). The number of fused-ring (bicyclic) bond motifs is 1. The summed E-state index contributed by atoms with van der Waals surface area (Å²) in [4.78, 5) is 13.2. The van der Waals surface area contributed by atoms with Gasteiger partial charge in [0, 0.05) is 15.8 Å². The molecule has 2 aromatic carbocycles. The maximum absolute atomic E-state index is 11.9. The van der Waals surface area contributed by atoms with Crippen molar-refractivity contribution < 1.29 is 9.53 Å². The van der Waals surface area contributed by atoms with E-state index < -0.39 is 0 Å². The number of anilines is 1. The number of carbonyl (C=O) groups is 1. The Labute approximate surface area is 128 Å². The molecule has 0 aliphatic carbocycles. The fourth-order valence-corrected chi connectivity index (χ4v) is 3.60. The van der Waals surface area contributed by atoms with Gasteiger partial charge in [0.2, 0.25) is 0 Å². The van der Waals surface area contributed by atoms with E-state index in [0.717, 1.165) is 12.0 Å². The molecule has 1 aliphatic rings. The van der Waals surface area contributed by atoms with E-state index in [4.69, 9.17) is 10.5 Å². The van der Waals surface area contributed by atoms with E-state index in [0.29, 0.717) is 24.0 Å². The summed E-state index contributed by atoms with van der Waals surface area (Å²) in [5.41, 5.74) is 8.60. The number of rotatable bonds is 4. The molecule has 1 aliphatic heterocycles. The third-order valence-corrected chi connectivity index (χ3v) is 4.76. The predicted octanol–water partition coefficient (Wildman–Crippen LogP) is 3.07. The second-order valence-corrected chi connectivity index (χ2v) is 6.50. The van der Waals surface area contributed by atoms with Crippen LogP contribution in [0.3, 0.4) is 0 Å². The maximum atomic E-state index is 11.9. The number of nitrogen functional groups attached to an aromatic ring is 1. The Hall–Kier alpha value is -1.94. The SMILES string of the molecule is Nc1ccc(CC(=O)OCC2Cc3ccccc3S2)cc1. The summed E-state index contributed by atoms with van der Waals surface area (Å²) in [6.07, 6.45) is 1.26. The molecule has 0 saturated heterocycles. The first-order chi connectivity index (χ1) is 10.2. The number of ether oxygens (including phenoxy) is 1. The third kappa shape index (κ3) is 3.58.